The Morgan fingerprint density at radius 3 is 2.18 bits per heavy atom. The molecule has 1 fully saturated rings. The number of carbonyl (C=O) groups excluding carboxylic acids is 2. The molecule has 1 aliphatic carbocycles. The van der Waals surface area contributed by atoms with Gasteiger partial charge in [-0.3, -0.25) is 10.1 Å². The minimum absolute atomic E-state index is 0.170. The van der Waals surface area contributed by atoms with Crippen molar-refractivity contribution in [2.75, 3.05) is 12.4 Å². The van der Waals surface area contributed by atoms with Gasteiger partial charge in [0.15, 0.2) is 0 Å². The molecule has 38 heavy (non-hydrogen) atoms. The second kappa shape index (κ2) is 10.3. The molecule has 194 valence electrons. The number of nitrogens with zero attached hydrogens (tertiary/aromatic N) is 2. The quantitative estimate of drug-likeness (QED) is 0.263. The molecule has 1 amide bonds. The lowest BCUT2D eigenvalue weighted by Gasteiger charge is -2.16. The van der Waals surface area contributed by atoms with Crippen LogP contribution in [0.3, 0.4) is 0 Å². The SMILES string of the molecule is COC(=O)C1(c2ccc(-c3ccc(-c4ncn(C)c4NC(=O)O[C@H](C)c4ccccc4Cl)cc3)cc2)CC1. The Hall–Kier alpha value is -4.10. The Kier molecular flexibility index (Phi) is 6.95. The zero-order valence-corrected chi connectivity index (χ0v) is 22.2. The smallest absolute Gasteiger partial charge is 0.413 e. The molecule has 1 aromatic heterocycles. The number of benzene rings is 3. The topological polar surface area (TPSA) is 82.5 Å². The van der Waals surface area contributed by atoms with E-state index < -0.39 is 17.6 Å². The molecule has 0 aliphatic heterocycles. The van der Waals surface area contributed by atoms with Gasteiger partial charge in [-0.15, -0.1) is 0 Å². The molecule has 8 heteroatoms. The largest absolute Gasteiger partial charge is 0.468 e. The van der Waals surface area contributed by atoms with Crippen molar-refractivity contribution in [3.05, 3.63) is 95.3 Å². The highest BCUT2D eigenvalue weighted by Crippen LogP contribution is 2.49. The van der Waals surface area contributed by atoms with Gasteiger partial charge in [-0.25, -0.2) is 9.78 Å². The van der Waals surface area contributed by atoms with Gasteiger partial charge >= 0.3 is 12.1 Å². The summed E-state index contributed by atoms with van der Waals surface area (Å²) in [5, 5.41) is 3.36. The van der Waals surface area contributed by atoms with Crippen molar-refractivity contribution >= 4 is 29.5 Å². The van der Waals surface area contributed by atoms with Crippen molar-refractivity contribution in [3.8, 4) is 22.4 Å². The Labute approximate surface area is 226 Å². The molecule has 1 heterocycles. The van der Waals surface area contributed by atoms with E-state index >= 15 is 0 Å². The molecule has 4 aromatic rings. The summed E-state index contributed by atoms with van der Waals surface area (Å²) in [5.41, 5.74) is 4.79. The van der Waals surface area contributed by atoms with Gasteiger partial charge in [-0.1, -0.05) is 78.3 Å². The highest BCUT2D eigenvalue weighted by atomic mass is 35.5. The number of rotatable bonds is 7. The van der Waals surface area contributed by atoms with Crippen LogP contribution in [0.4, 0.5) is 10.6 Å². The second-order valence-corrected chi connectivity index (χ2v) is 9.88. The standard InChI is InChI=1S/C30H28ClN3O4/c1-19(24-6-4-5-7-25(24)31)38-29(36)33-27-26(32-18-34(27)2)22-10-8-20(9-11-22)21-12-14-23(15-13-21)30(16-17-30)28(35)37-3/h4-15,18-19H,16-17H2,1-3H3,(H,33,36)/t19-/m1/s1. The number of nitrogens with one attached hydrogen (secondary N) is 1. The molecule has 0 bridgehead atoms. The van der Waals surface area contributed by atoms with Gasteiger partial charge in [-0.2, -0.15) is 0 Å². The third kappa shape index (κ3) is 4.89. The molecule has 1 N–H and O–H groups in total. The van der Waals surface area contributed by atoms with Crippen LogP contribution in [0.1, 0.15) is 37.0 Å². The number of hydrogen-bond acceptors (Lipinski definition) is 5. The highest BCUT2D eigenvalue weighted by Gasteiger charge is 2.52. The van der Waals surface area contributed by atoms with Gasteiger partial charge in [0.25, 0.3) is 0 Å². The number of hydrogen-bond donors (Lipinski definition) is 1. The van der Waals surface area contributed by atoms with E-state index in [0.29, 0.717) is 16.5 Å². The average molecular weight is 530 g/mol. The summed E-state index contributed by atoms with van der Waals surface area (Å²) in [4.78, 5) is 29.4. The van der Waals surface area contributed by atoms with Crippen molar-refractivity contribution < 1.29 is 19.1 Å². The van der Waals surface area contributed by atoms with Crippen molar-refractivity contribution in [3.63, 3.8) is 0 Å². The highest BCUT2D eigenvalue weighted by molar-refractivity contribution is 6.31. The van der Waals surface area contributed by atoms with Crippen molar-refractivity contribution in [1.82, 2.24) is 9.55 Å². The molecule has 0 saturated heterocycles. The lowest BCUT2D eigenvalue weighted by Crippen LogP contribution is -2.21. The van der Waals surface area contributed by atoms with E-state index in [1.165, 1.54) is 7.11 Å². The van der Waals surface area contributed by atoms with Gasteiger partial charge in [-0.05, 0) is 42.5 Å². The number of anilines is 1. The molecule has 1 atom stereocenters. The molecule has 0 spiro atoms. The van der Waals surface area contributed by atoms with E-state index in [1.54, 1.807) is 30.9 Å². The maximum Gasteiger partial charge on any atom is 0.413 e. The predicted molar refractivity (Wildman–Crippen MR) is 147 cm³/mol. The number of ether oxygens (including phenoxy) is 2. The summed E-state index contributed by atoms with van der Waals surface area (Å²) in [7, 11) is 3.24. The van der Waals surface area contributed by atoms with Crippen molar-refractivity contribution in [1.29, 1.82) is 0 Å². The number of imidazole rings is 1. The molecule has 0 radical (unpaired) electrons. The lowest BCUT2D eigenvalue weighted by molar-refractivity contribution is -0.143. The van der Waals surface area contributed by atoms with Crippen LogP contribution in [-0.4, -0.2) is 28.7 Å². The van der Waals surface area contributed by atoms with Crippen LogP contribution >= 0.6 is 11.6 Å². The van der Waals surface area contributed by atoms with Crippen LogP contribution in [0.25, 0.3) is 22.4 Å². The Morgan fingerprint density at radius 1 is 0.974 bits per heavy atom. The van der Waals surface area contributed by atoms with Crippen molar-refractivity contribution in [2.24, 2.45) is 7.05 Å². The van der Waals surface area contributed by atoms with E-state index in [-0.39, 0.29) is 5.97 Å². The van der Waals surface area contributed by atoms with E-state index in [9.17, 15) is 9.59 Å². The molecule has 0 unspecified atom stereocenters. The molecular weight excluding hydrogens is 502 g/mol. The monoisotopic (exact) mass is 529 g/mol. The number of halogens is 1. The number of aryl methyl sites for hydroxylation is 1. The summed E-state index contributed by atoms with van der Waals surface area (Å²) >= 11 is 6.24. The van der Waals surface area contributed by atoms with Crippen LogP contribution in [0, 0.1) is 0 Å². The van der Waals surface area contributed by atoms with E-state index in [2.05, 4.69) is 10.3 Å². The summed E-state index contributed by atoms with van der Waals surface area (Å²) < 4.78 is 12.3. The number of methoxy groups -OCH3 is 1. The molecular formula is C30H28ClN3O4. The van der Waals surface area contributed by atoms with Gasteiger partial charge in [0, 0.05) is 23.2 Å². The minimum Gasteiger partial charge on any atom is -0.468 e. The first-order chi connectivity index (χ1) is 18.3. The first-order valence-electron chi connectivity index (χ1n) is 12.4. The lowest BCUT2D eigenvalue weighted by atomic mass is 9.93. The van der Waals surface area contributed by atoms with Crippen LogP contribution in [0.5, 0.6) is 0 Å². The van der Waals surface area contributed by atoms with Gasteiger partial charge < -0.3 is 14.0 Å². The first kappa shape index (κ1) is 25.5. The van der Waals surface area contributed by atoms with Crippen LogP contribution in [0.2, 0.25) is 5.02 Å². The minimum atomic E-state index is -0.598. The number of aromatic nitrogens is 2. The van der Waals surface area contributed by atoms with E-state index in [1.807, 2.05) is 66.7 Å². The number of carbonyl (C=O) groups is 2. The van der Waals surface area contributed by atoms with E-state index in [4.69, 9.17) is 21.1 Å². The normalized spacial score (nSPS) is 14.4. The van der Waals surface area contributed by atoms with Crippen LogP contribution < -0.4 is 5.32 Å². The maximum atomic E-state index is 12.7. The fourth-order valence-electron chi connectivity index (χ4n) is 4.68. The van der Waals surface area contributed by atoms with Crippen LogP contribution in [-0.2, 0) is 26.7 Å². The van der Waals surface area contributed by atoms with Gasteiger partial charge in [0.1, 0.15) is 17.6 Å². The fraction of sp³-hybridized carbons (Fsp3) is 0.233. The molecule has 3 aromatic carbocycles. The first-order valence-corrected chi connectivity index (χ1v) is 12.7. The Balaban J connectivity index is 1.30. The Morgan fingerprint density at radius 2 is 1.58 bits per heavy atom. The predicted octanol–water partition coefficient (Wildman–Crippen LogP) is 6.92. The molecule has 1 saturated carbocycles. The zero-order valence-electron chi connectivity index (χ0n) is 21.4. The second-order valence-electron chi connectivity index (χ2n) is 9.48. The van der Waals surface area contributed by atoms with E-state index in [0.717, 1.165) is 40.7 Å². The molecule has 5 rings (SSSR count). The van der Waals surface area contributed by atoms with Gasteiger partial charge in [0.2, 0.25) is 0 Å². The third-order valence-electron chi connectivity index (χ3n) is 7.04. The third-order valence-corrected chi connectivity index (χ3v) is 7.38. The summed E-state index contributed by atoms with van der Waals surface area (Å²) in [5.74, 6) is 0.354. The maximum absolute atomic E-state index is 12.7. The van der Waals surface area contributed by atoms with Crippen LogP contribution in [0.15, 0.2) is 79.1 Å². The molecule has 7 nitrogen and oxygen atoms in total. The zero-order chi connectivity index (χ0) is 26.9. The summed E-state index contributed by atoms with van der Waals surface area (Å²) in [6.07, 6.45) is 2.17. The Bertz CT molecular complexity index is 1470. The summed E-state index contributed by atoms with van der Waals surface area (Å²) in [6.45, 7) is 1.77. The fourth-order valence-corrected chi connectivity index (χ4v) is 4.97. The van der Waals surface area contributed by atoms with Gasteiger partial charge in [0.05, 0.1) is 18.9 Å². The summed E-state index contributed by atoms with van der Waals surface area (Å²) in [6, 6.07) is 23.3. The van der Waals surface area contributed by atoms with Crippen molar-refractivity contribution in [2.45, 2.75) is 31.3 Å². The average Bonchev–Trinajstić information content (AvgIpc) is 3.67. The molecule has 1 aliphatic rings. The number of esters is 1. The number of amides is 1.